The number of Topliss-reactive ketones (excluding diaryl/α,β-unsaturated/α-hetero) is 1. The molecule has 0 saturated carbocycles. The van der Waals surface area contributed by atoms with Crippen molar-refractivity contribution in [1.82, 2.24) is 0 Å². The third kappa shape index (κ3) is 5.25. The molecule has 0 fully saturated rings. The van der Waals surface area contributed by atoms with Crippen LogP contribution in [-0.4, -0.2) is 19.1 Å². The zero-order valence-corrected chi connectivity index (χ0v) is 12.2. The Balaban J connectivity index is 2.94. The van der Waals surface area contributed by atoms with Gasteiger partial charge in [0.25, 0.3) is 0 Å². The van der Waals surface area contributed by atoms with Crippen LogP contribution in [0, 0.1) is 0 Å². The van der Waals surface area contributed by atoms with Gasteiger partial charge in [0, 0.05) is 5.56 Å². The van der Waals surface area contributed by atoms with E-state index in [0.717, 1.165) is 18.9 Å². The fourth-order valence-corrected chi connectivity index (χ4v) is 1.88. The summed E-state index contributed by atoms with van der Waals surface area (Å²) in [7, 11) is 1.45. The summed E-state index contributed by atoms with van der Waals surface area (Å²) in [6.07, 6.45) is -0.970. The fraction of sp³-hybridized carbons (Fsp3) is 0.438. The lowest BCUT2D eigenvalue weighted by molar-refractivity contribution is -0.0890. The number of benzene rings is 1. The predicted molar refractivity (Wildman–Crippen MR) is 75.6 cm³/mol. The van der Waals surface area contributed by atoms with Crippen LogP contribution in [0.1, 0.15) is 43.0 Å². The summed E-state index contributed by atoms with van der Waals surface area (Å²) < 4.78 is 43.9. The lowest BCUT2D eigenvalue weighted by Crippen LogP contribution is -2.20. The molecule has 2 nitrogen and oxygen atoms in total. The quantitative estimate of drug-likeness (QED) is 0.405. The third-order valence-corrected chi connectivity index (χ3v) is 3.06. The molecule has 0 atom stereocenters. The summed E-state index contributed by atoms with van der Waals surface area (Å²) in [4.78, 5) is 12.0. The molecule has 0 unspecified atom stereocenters. The molecule has 0 bridgehead atoms. The minimum atomic E-state index is -4.64. The topological polar surface area (TPSA) is 26.3 Å². The molecule has 1 aromatic carbocycles. The molecule has 1 rings (SSSR count). The van der Waals surface area contributed by atoms with Crippen LogP contribution in [0.4, 0.5) is 13.2 Å². The molecule has 0 aliphatic heterocycles. The van der Waals surface area contributed by atoms with Gasteiger partial charge in [0.2, 0.25) is 0 Å². The van der Waals surface area contributed by atoms with Gasteiger partial charge in [-0.15, -0.1) is 0 Å². The van der Waals surface area contributed by atoms with Crippen LogP contribution < -0.4 is 4.74 Å². The highest BCUT2D eigenvalue weighted by molar-refractivity contribution is 6.09. The van der Waals surface area contributed by atoms with Gasteiger partial charge in [-0.3, -0.25) is 4.79 Å². The Morgan fingerprint density at radius 2 is 1.81 bits per heavy atom. The highest BCUT2D eigenvalue weighted by Crippen LogP contribution is 2.29. The minimum absolute atomic E-state index is 0.00914. The van der Waals surface area contributed by atoms with Crippen molar-refractivity contribution in [2.45, 2.75) is 38.8 Å². The average molecular weight is 300 g/mol. The van der Waals surface area contributed by atoms with E-state index in [1.165, 1.54) is 31.4 Å². The number of hydrogen-bond acceptors (Lipinski definition) is 2. The molecule has 21 heavy (non-hydrogen) atoms. The number of methoxy groups -OCH3 is 1. The number of ketones is 1. The van der Waals surface area contributed by atoms with E-state index in [1.54, 1.807) is 0 Å². The smallest absolute Gasteiger partial charge is 0.419 e. The lowest BCUT2D eigenvalue weighted by atomic mass is 10.0. The maximum Gasteiger partial charge on any atom is 0.419 e. The molecular formula is C16H19F3O2. The average Bonchev–Trinajstić information content (AvgIpc) is 2.45. The third-order valence-electron chi connectivity index (χ3n) is 3.06. The Labute approximate surface area is 122 Å². The zero-order valence-electron chi connectivity index (χ0n) is 12.2. The molecule has 116 valence electrons. The van der Waals surface area contributed by atoms with Crippen molar-refractivity contribution in [2.24, 2.45) is 0 Å². The second kappa shape index (κ2) is 7.86. The molecule has 0 amide bonds. The molecule has 0 aliphatic carbocycles. The zero-order chi connectivity index (χ0) is 15.9. The first-order valence-electron chi connectivity index (χ1n) is 6.86. The largest absolute Gasteiger partial charge is 0.497 e. The van der Waals surface area contributed by atoms with E-state index < -0.39 is 17.5 Å². The van der Waals surface area contributed by atoms with Gasteiger partial charge in [-0.05, 0) is 37.1 Å². The maximum atomic E-state index is 13.0. The van der Waals surface area contributed by atoms with Crippen molar-refractivity contribution in [1.29, 1.82) is 0 Å². The summed E-state index contributed by atoms with van der Waals surface area (Å²) in [5, 5.41) is 0. The number of alkyl halides is 3. The molecule has 0 saturated heterocycles. The van der Waals surface area contributed by atoms with Crippen LogP contribution >= 0.6 is 0 Å². The molecule has 0 aliphatic rings. The number of carbonyl (C=O) groups is 1. The van der Waals surface area contributed by atoms with Crippen LogP contribution in [0.5, 0.6) is 5.75 Å². The number of ether oxygens (including phenoxy) is 1. The van der Waals surface area contributed by atoms with Gasteiger partial charge in [-0.1, -0.05) is 25.8 Å². The van der Waals surface area contributed by atoms with Crippen molar-refractivity contribution in [2.75, 3.05) is 7.11 Å². The van der Waals surface area contributed by atoms with Gasteiger partial charge in [0.15, 0.2) is 5.78 Å². The van der Waals surface area contributed by atoms with Crippen LogP contribution in [-0.2, 0) is 0 Å². The van der Waals surface area contributed by atoms with E-state index in [4.69, 9.17) is 4.74 Å². The highest BCUT2D eigenvalue weighted by Gasteiger charge is 2.38. The van der Waals surface area contributed by atoms with Gasteiger partial charge in [0.05, 0.1) is 12.7 Å². The standard InChI is InChI=1S/C16H19F3O2/c1-3-4-5-6-7-14(16(17,18)19)15(20)12-8-10-13(21-2)11-9-12/h7-11H,3-6H2,1-2H3/b14-7-. The van der Waals surface area contributed by atoms with Gasteiger partial charge in [0.1, 0.15) is 5.75 Å². The summed E-state index contributed by atoms with van der Waals surface area (Å²) in [6.45, 7) is 1.97. The van der Waals surface area contributed by atoms with Gasteiger partial charge < -0.3 is 4.74 Å². The number of carbonyl (C=O) groups excluding carboxylic acids is 1. The SMILES string of the molecule is CCCCC/C=C(/C(=O)c1ccc(OC)cc1)C(F)(F)F. The monoisotopic (exact) mass is 300 g/mol. The number of unbranched alkanes of at least 4 members (excludes halogenated alkanes) is 3. The van der Waals surface area contributed by atoms with E-state index in [1.807, 2.05) is 6.92 Å². The Hall–Kier alpha value is -1.78. The summed E-state index contributed by atoms with van der Waals surface area (Å²) >= 11 is 0. The Kier molecular flexibility index (Phi) is 6.46. The van der Waals surface area contributed by atoms with Crippen LogP contribution in [0.25, 0.3) is 0 Å². The van der Waals surface area contributed by atoms with Gasteiger partial charge in [-0.25, -0.2) is 0 Å². The number of halogens is 3. The first-order chi connectivity index (χ1) is 9.90. The maximum absolute atomic E-state index is 13.0. The van der Waals surface area contributed by atoms with Crippen molar-refractivity contribution >= 4 is 5.78 Å². The van der Waals surface area contributed by atoms with Crippen molar-refractivity contribution in [3.05, 3.63) is 41.5 Å². The molecule has 0 N–H and O–H groups in total. The van der Waals surface area contributed by atoms with Crippen LogP contribution in [0.15, 0.2) is 35.9 Å². The van der Waals surface area contributed by atoms with E-state index in [2.05, 4.69) is 0 Å². The molecule has 0 spiro atoms. The Morgan fingerprint density at radius 1 is 1.19 bits per heavy atom. The molecule has 1 aromatic rings. The van der Waals surface area contributed by atoms with E-state index in [0.29, 0.717) is 12.2 Å². The molecule has 0 heterocycles. The second-order valence-corrected chi connectivity index (χ2v) is 4.67. The Bertz CT molecular complexity index is 487. The summed E-state index contributed by atoms with van der Waals surface area (Å²) in [6, 6.07) is 5.62. The summed E-state index contributed by atoms with van der Waals surface area (Å²) in [5.41, 5.74) is -1.08. The van der Waals surface area contributed by atoms with Crippen molar-refractivity contribution in [3.63, 3.8) is 0 Å². The highest BCUT2D eigenvalue weighted by atomic mass is 19.4. The summed E-state index contributed by atoms with van der Waals surface area (Å²) in [5.74, 6) is -0.506. The Morgan fingerprint density at radius 3 is 2.29 bits per heavy atom. The van der Waals surface area contributed by atoms with E-state index in [-0.39, 0.29) is 12.0 Å². The number of rotatable bonds is 7. The fourth-order valence-electron chi connectivity index (χ4n) is 1.88. The second-order valence-electron chi connectivity index (χ2n) is 4.67. The van der Waals surface area contributed by atoms with E-state index in [9.17, 15) is 18.0 Å². The minimum Gasteiger partial charge on any atom is -0.497 e. The molecule has 5 heteroatoms. The van der Waals surface area contributed by atoms with E-state index >= 15 is 0 Å². The van der Waals surface area contributed by atoms with Crippen molar-refractivity contribution in [3.8, 4) is 5.75 Å². The first-order valence-corrected chi connectivity index (χ1v) is 6.86. The van der Waals surface area contributed by atoms with Crippen LogP contribution in [0.3, 0.4) is 0 Å². The molecular weight excluding hydrogens is 281 g/mol. The lowest BCUT2D eigenvalue weighted by Gasteiger charge is -2.11. The molecule has 0 radical (unpaired) electrons. The van der Waals surface area contributed by atoms with Crippen LogP contribution in [0.2, 0.25) is 0 Å². The van der Waals surface area contributed by atoms with Gasteiger partial charge in [-0.2, -0.15) is 13.2 Å². The normalized spacial score (nSPS) is 12.3. The number of hydrogen-bond donors (Lipinski definition) is 0. The van der Waals surface area contributed by atoms with Crippen molar-refractivity contribution < 1.29 is 22.7 Å². The number of allylic oxidation sites excluding steroid dienone is 2. The molecule has 0 aromatic heterocycles. The van der Waals surface area contributed by atoms with Gasteiger partial charge >= 0.3 is 6.18 Å². The predicted octanol–water partition coefficient (Wildman–Crippen LogP) is 4.95. The first kappa shape index (κ1) is 17.3.